The lowest BCUT2D eigenvalue weighted by Gasteiger charge is -2.49. The number of ketones is 1. The summed E-state index contributed by atoms with van der Waals surface area (Å²) in [4.78, 5) is 23.0. The van der Waals surface area contributed by atoms with Crippen molar-refractivity contribution in [2.45, 2.75) is 65.7 Å². The maximum absolute atomic E-state index is 11.7. The summed E-state index contributed by atoms with van der Waals surface area (Å²) in [5.41, 5.74) is 4.50. The molecule has 0 aromatic heterocycles. The Morgan fingerprint density at radius 1 is 1.30 bits per heavy atom. The predicted molar refractivity (Wildman–Crippen MR) is 89.8 cm³/mol. The molecule has 0 spiro atoms. The minimum atomic E-state index is -0.176. The van der Waals surface area contributed by atoms with Crippen molar-refractivity contribution in [3.05, 3.63) is 22.8 Å². The molecule has 0 amide bonds. The predicted octanol–water partition coefficient (Wildman–Crippen LogP) is 4.37. The normalized spacial score (nSPS) is 33.7. The minimum absolute atomic E-state index is 0.0842. The maximum Gasteiger partial charge on any atom is 0.302 e. The zero-order valence-corrected chi connectivity index (χ0v) is 14.6. The van der Waals surface area contributed by atoms with E-state index < -0.39 is 0 Å². The van der Waals surface area contributed by atoms with Crippen molar-refractivity contribution in [2.75, 3.05) is 6.61 Å². The molecule has 3 atom stereocenters. The van der Waals surface area contributed by atoms with E-state index in [0.717, 1.165) is 38.5 Å². The lowest BCUT2D eigenvalue weighted by Crippen LogP contribution is -2.43. The van der Waals surface area contributed by atoms with Crippen LogP contribution in [-0.4, -0.2) is 18.4 Å². The van der Waals surface area contributed by atoms with Crippen LogP contribution in [0.2, 0.25) is 0 Å². The second-order valence-electron chi connectivity index (χ2n) is 7.73. The van der Waals surface area contributed by atoms with Crippen LogP contribution in [0.4, 0.5) is 0 Å². The van der Waals surface area contributed by atoms with Crippen molar-refractivity contribution in [2.24, 2.45) is 17.3 Å². The zero-order valence-electron chi connectivity index (χ0n) is 14.6. The number of carbonyl (C=O) groups is 2. The zero-order chi connectivity index (χ0) is 16.6. The average molecular weight is 316 g/mol. The third-order valence-corrected chi connectivity index (χ3v) is 6.30. The molecule has 0 N–H and O–H groups in total. The van der Waals surface area contributed by atoms with Gasteiger partial charge < -0.3 is 4.74 Å². The van der Waals surface area contributed by atoms with Crippen molar-refractivity contribution < 1.29 is 14.3 Å². The molecule has 126 valence electrons. The molecule has 0 aromatic carbocycles. The summed E-state index contributed by atoms with van der Waals surface area (Å²) in [6.07, 6.45) is 8.99. The highest BCUT2D eigenvalue weighted by Gasteiger charge is 2.46. The second kappa shape index (κ2) is 6.26. The fourth-order valence-corrected chi connectivity index (χ4v) is 5.16. The Morgan fingerprint density at radius 2 is 2.09 bits per heavy atom. The van der Waals surface area contributed by atoms with Gasteiger partial charge in [0.05, 0.1) is 6.61 Å². The summed E-state index contributed by atoms with van der Waals surface area (Å²) < 4.78 is 5.41. The molecular formula is C20H28O3. The minimum Gasteiger partial charge on any atom is -0.465 e. The van der Waals surface area contributed by atoms with E-state index in [1.807, 2.05) is 6.08 Å². The van der Waals surface area contributed by atoms with Gasteiger partial charge in [-0.25, -0.2) is 0 Å². The molecule has 0 saturated heterocycles. The Morgan fingerprint density at radius 3 is 2.78 bits per heavy atom. The number of allylic oxidation sites excluding steroid dienone is 4. The molecule has 3 aliphatic carbocycles. The Balaban J connectivity index is 1.89. The summed E-state index contributed by atoms with van der Waals surface area (Å²) in [5.74, 6) is 1.29. The molecule has 0 aliphatic heterocycles. The van der Waals surface area contributed by atoms with Crippen LogP contribution in [0.3, 0.4) is 0 Å². The third kappa shape index (κ3) is 3.02. The van der Waals surface area contributed by atoms with Gasteiger partial charge in [0.1, 0.15) is 0 Å². The summed E-state index contributed by atoms with van der Waals surface area (Å²) in [7, 11) is 0. The summed E-state index contributed by atoms with van der Waals surface area (Å²) in [5, 5.41) is 0. The van der Waals surface area contributed by atoms with E-state index in [4.69, 9.17) is 4.74 Å². The highest BCUT2D eigenvalue weighted by atomic mass is 16.5. The SMILES string of the molecule is CC[C@H]1[C@@H]2CCC3=CC(=O)CCC3=C2CC[C@]1(C)COC(C)=O. The number of rotatable bonds is 3. The molecular weight excluding hydrogens is 288 g/mol. The second-order valence-corrected chi connectivity index (χ2v) is 7.73. The molecule has 3 aliphatic rings. The van der Waals surface area contributed by atoms with Crippen molar-refractivity contribution in [1.82, 2.24) is 0 Å². The molecule has 3 rings (SSSR count). The standard InChI is InChI=1S/C20H28O3/c1-4-19-18-7-5-14-11-15(22)6-8-16(14)17(18)9-10-20(19,3)12-23-13(2)21/h11,18-19H,4-10,12H2,1-3H3/t18-,19+,20-/m1/s1. The van der Waals surface area contributed by atoms with Crippen LogP contribution >= 0.6 is 0 Å². The summed E-state index contributed by atoms with van der Waals surface area (Å²) >= 11 is 0. The van der Waals surface area contributed by atoms with E-state index in [-0.39, 0.29) is 11.4 Å². The molecule has 3 heteroatoms. The van der Waals surface area contributed by atoms with Gasteiger partial charge >= 0.3 is 5.97 Å². The molecule has 0 heterocycles. The molecule has 0 aromatic rings. The number of hydrogen-bond acceptors (Lipinski definition) is 3. The Bertz CT molecular complexity index is 584. The van der Waals surface area contributed by atoms with Crippen molar-refractivity contribution in [3.8, 4) is 0 Å². The Kier molecular flexibility index (Phi) is 4.48. The van der Waals surface area contributed by atoms with Crippen LogP contribution in [0.15, 0.2) is 22.8 Å². The Hall–Kier alpha value is -1.38. The van der Waals surface area contributed by atoms with E-state index in [9.17, 15) is 9.59 Å². The van der Waals surface area contributed by atoms with E-state index in [1.54, 1.807) is 5.57 Å². The maximum atomic E-state index is 11.7. The number of ether oxygens (including phenoxy) is 1. The highest BCUT2D eigenvalue weighted by Crippen LogP contribution is 2.54. The van der Waals surface area contributed by atoms with Crippen LogP contribution in [0.5, 0.6) is 0 Å². The lowest BCUT2D eigenvalue weighted by molar-refractivity contribution is -0.147. The Labute approximate surface area is 139 Å². The van der Waals surface area contributed by atoms with E-state index in [1.165, 1.54) is 18.1 Å². The first-order valence-corrected chi connectivity index (χ1v) is 9.03. The van der Waals surface area contributed by atoms with Crippen molar-refractivity contribution in [3.63, 3.8) is 0 Å². The molecule has 1 fully saturated rings. The first kappa shape index (κ1) is 16.5. The molecule has 3 nitrogen and oxygen atoms in total. The van der Waals surface area contributed by atoms with Gasteiger partial charge in [-0.05, 0) is 61.2 Å². The van der Waals surface area contributed by atoms with Crippen LogP contribution < -0.4 is 0 Å². The fraction of sp³-hybridized carbons (Fsp3) is 0.700. The van der Waals surface area contributed by atoms with Crippen molar-refractivity contribution in [1.29, 1.82) is 0 Å². The van der Waals surface area contributed by atoms with Gasteiger partial charge in [0.25, 0.3) is 0 Å². The molecule has 0 unspecified atom stereocenters. The number of hydrogen-bond donors (Lipinski definition) is 0. The van der Waals surface area contributed by atoms with Gasteiger partial charge in [-0.2, -0.15) is 0 Å². The molecule has 0 radical (unpaired) electrons. The molecule has 1 saturated carbocycles. The van der Waals surface area contributed by atoms with E-state index >= 15 is 0 Å². The number of fused-ring (bicyclic) bond motifs is 2. The van der Waals surface area contributed by atoms with Crippen LogP contribution in [0.25, 0.3) is 0 Å². The first-order valence-electron chi connectivity index (χ1n) is 9.03. The smallest absolute Gasteiger partial charge is 0.302 e. The fourth-order valence-electron chi connectivity index (χ4n) is 5.16. The van der Waals surface area contributed by atoms with E-state index in [2.05, 4.69) is 13.8 Å². The lowest BCUT2D eigenvalue weighted by atomic mass is 9.56. The quantitative estimate of drug-likeness (QED) is 0.726. The van der Waals surface area contributed by atoms with Gasteiger partial charge in [-0.3, -0.25) is 9.59 Å². The van der Waals surface area contributed by atoms with Gasteiger partial charge in [-0.15, -0.1) is 0 Å². The number of carbonyl (C=O) groups excluding carboxylic acids is 2. The van der Waals surface area contributed by atoms with Crippen LogP contribution in [0.1, 0.15) is 65.7 Å². The van der Waals surface area contributed by atoms with Gasteiger partial charge in [-0.1, -0.05) is 25.8 Å². The first-order chi connectivity index (χ1) is 10.9. The van der Waals surface area contributed by atoms with Gasteiger partial charge in [0, 0.05) is 18.8 Å². The van der Waals surface area contributed by atoms with Gasteiger partial charge in [0.2, 0.25) is 0 Å². The average Bonchev–Trinajstić information content (AvgIpc) is 2.52. The summed E-state index contributed by atoms with van der Waals surface area (Å²) in [6, 6.07) is 0. The number of esters is 1. The topological polar surface area (TPSA) is 43.4 Å². The van der Waals surface area contributed by atoms with Crippen LogP contribution in [0, 0.1) is 17.3 Å². The summed E-state index contributed by atoms with van der Waals surface area (Å²) in [6.45, 7) is 6.60. The molecule has 0 bridgehead atoms. The third-order valence-electron chi connectivity index (χ3n) is 6.30. The van der Waals surface area contributed by atoms with Gasteiger partial charge in [0.15, 0.2) is 5.78 Å². The highest BCUT2D eigenvalue weighted by molar-refractivity contribution is 5.93. The monoisotopic (exact) mass is 316 g/mol. The van der Waals surface area contributed by atoms with Crippen LogP contribution in [-0.2, 0) is 14.3 Å². The van der Waals surface area contributed by atoms with Crippen molar-refractivity contribution >= 4 is 11.8 Å². The van der Waals surface area contributed by atoms with E-state index in [0.29, 0.717) is 30.6 Å². The largest absolute Gasteiger partial charge is 0.465 e. The molecule has 23 heavy (non-hydrogen) atoms.